The lowest BCUT2D eigenvalue weighted by Crippen LogP contribution is -2.33. The number of hydrogen-bond donors (Lipinski definition) is 2. The molecule has 8 saturated heterocycles. The van der Waals surface area contributed by atoms with Gasteiger partial charge in [0, 0.05) is 21.9 Å². The molecule has 0 radical (unpaired) electrons. The molecule has 4 aromatic carbocycles. The van der Waals surface area contributed by atoms with Gasteiger partial charge in [0.05, 0.1) is 180 Å². The van der Waals surface area contributed by atoms with Crippen molar-refractivity contribution in [3.8, 4) is 68.5 Å². The first-order chi connectivity index (χ1) is 61.1. The van der Waals surface area contributed by atoms with Crippen LogP contribution >= 0.6 is 0 Å². The van der Waals surface area contributed by atoms with E-state index in [2.05, 4.69) is 9.97 Å². The molecule has 0 aliphatic carbocycles. The number of hydrogen-bond acceptors (Lipinski definition) is 34. The summed E-state index contributed by atoms with van der Waals surface area (Å²) in [5.41, 5.74) is 3.31. The van der Waals surface area contributed by atoms with Gasteiger partial charge in [-0.05, 0) is 135 Å². The minimum absolute atomic E-state index is 0.0672. The predicted molar refractivity (Wildman–Crippen MR) is 460 cm³/mol. The molecular formula is C92H122N8O28. The maximum Gasteiger partial charge on any atom is 0.168 e. The molecule has 3 aromatic heterocycles. The Morgan fingerprint density at radius 1 is 0.266 bits per heavy atom. The van der Waals surface area contributed by atoms with Crippen LogP contribution in [0.4, 0.5) is 0 Å². The first-order valence-corrected chi connectivity index (χ1v) is 44.3. The molecule has 0 saturated carbocycles. The Morgan fingerprint density at radius 3 is 0.703 bits per heavy atom. The summed E-state index contributed by atoms with van der Waals surface area (Å²) < 4.78 is 178. The summed E-state index contributed by atoms with van der Waals surface area (Å²) in [6, 6.07) is 22.7. The SMILES string of the molecule is CC1(C)OCC(COCC(COCC2COC(C)(C)O2)Oc2cccc3c2-c2nc-3nc3[nH]c(nc4nc(nc5[nH]c(n2)c2cccc(OC(COCC6COC(C)(C)O6)COCC6COC(C)(C)O6)c52)-c2cccc(OC(COCC5COC(C)(C)O5)COCC5COC(C)(C)O5)c2-4)c2cccc(OC(COCC4COC(C)(C)O4)COCC4COC(C)(C)O4)c32)O1. The fourth-order valence-corrected chi connectivity index (χ4v) is 16.8. The Balaban J connectivity index is 0.824. The van der Waals surface area contributed by atoms with E-state index in [-0.39, 0.29) is 178 Å². The van der Waals surface area contributed by atoms with E-state index in [1.54, 1.807) is 0 Å². The quantitative estimate of drug-likeness (QED) is 0.0360. The lowest BCUT2D eigenvalue weighted by atomic mass is 10.1. The Bertz CT molecular complexity index is 4740. The number of rotatable bonds is 40. The van der Waals surface area contributed by atoms with Crippen molar-refractivity contribution in [2.75, 3.05) is 159 Å². The van der Waals surface area contributed by atoms with Crippen LogP contribution in [0.25, 0.3) is 89.7 Å². The Morgan fingerprint density at radius 2 is 0.477 bits per heavy atom. The highest BCUT2D eigenvalue weighted by Gasteiger charge is 2.42. The van der Waals surface area contributed by atoms with Gasteiger partial charge in [-0.15, -0.1) is 0 Å². The number of benzene rings is 4. The second-order valence-electron chi connectivity index (χ2n) is 37.2. The molecule has 17 rings (SSSR count). The van der Waals surface area contributed by atoms with Crippen LogP contribution in [0.5, 0.6) is 23.0 Å². The Hall–Kier alpha value is -7.52. The normalized spacial score (nSPS) is 25.9. The van der Waals surface area contributed by atoms with Gasteiger partial charge in [-0.3, -0.25) is 0 Å². The van der Waals surface area contributed by atoms with E-state index in [4.69, 9.17) is 163 Å². The summed E-state index contributed by atoms with van der Waals surface area (Å²) >= 11 is 0. The Labute approximate surface area is 743 Å². The van der Waals surface area contributed by atoms with Gasteiger partial charge in [-0.2, -0.15) is 0 Å². The second-order valence-corrected chi connectivity index (χ2v) is 37.2. The molecular weight excluding hydrogens is 1670 g/mol. The van der Waals surface area contributed by atoms with Crippen LogP contribution in [0.1, 0.15) is 111 Å². The lowest BCUT2D eigenvalue weighted by molar-refractivity contribution is -0.149. The van der Waals surface area contributed by atoms with Gasteiger partial charge in [-0.1, -0.05) is 48.5 Å². The van der Waals surface area contributed by atoms with Crippen molar-refractivity contribution in [3.05, 3.63) is 72.8 Å². The number of aromatic nitrogens is 8. The molecule has 8 atom stereocenters. The van der Waals surface area contributed by atoms with E-state index in [9.17, 15) is 0 Å². The monoisotopic (exact) mass is 1790 g/mol. The van der Waals surface area contributed by atoms with Crippen LogP contribution in [0.15, 0.2) is 72.8 Å². The van der Waals surface area contributed by atoms with Gasteiger partial charge in [0.25, 0.3) is 0 Å². The van der Waals surface area contributed by atoms with Crippen molar-refractivity contribution >= 4 is 44.1 Å². The predicted octanol–water partition coefficient (Wildman–Crippen LogP) is 11.2. The molecule has 8 unspecified atom stereocenters. The van der Waals surface area contributed by atoms with Crippen LogP contribution in [0.2, 0.25) is 0 Å². The second kappa shape index (κ2) is 38.6. The molecule has 36 nitrogen and oxygen atoms in total. The minimum Gasteiger partial charge on any atom is -0.485 e. The molecule has 36 heteroatoms. The van der Waals surface area contributed by atoms with Crippen LogP contribution < -0.4 is 18.9 Å². The van der Waals surface area contributed by atoms with Crippen molar-refractivity contribution in [3.63, 3.8) is 0 Å². The van der Waals surface area contributed by atoms with Gasteiger partial charge in [0.2, 0.25) is 0 Å². The number of fused-ring (bicyclic) bond motifs is 20. The van der Waals surface area contributed by atoms with E-state index in [1.807, 2.05) is 184 Å². The molecule has 2 N–H and O–H groups in total. The molecule has 10 aliphatic rings. The van der Waals surface area contributed by atoms with Gasteiger partial charge < -0.3 is 143 Å². The van der Waals surface area contributed by atoms with Crippen LogP contribution in [0.3, 0.4) is 0 Å². The Kier molecular flexibility index (Phi) is 27.8. The molecule has 10 aliphatic heterocycles. The van der Waals surface area contributed by atoms with E-state index in [1.165, 1.54) is 0 Å². The summed E-state index contributed by atoms with van der Waals surface area (Å²) in [6.07, 6.45) is -5.65. The summed E-state index contributed by atoms with van der Waals surface area (Å²) in [7, 11) is 0. The van der Waals surface area contributed by atoms with Crippen LogP contribution in [0, 0.1) is 0 Å². The van der Waals surface area contributed by atoms with Gasteiger partial charge in [0.1, 0.15) is 119 Å². The zero-order valence-corrected chi connectivity index (χ0v) is 75.9. The lowest BCUT2D eigenvalue weighted by Gasteiger charge is -2.23. The standard InChI is InChI=1S/C92H122N8O28/c1-85(2)109-45-57(121-85)37-101-29-53(30-102-38-58-46-110-86(3,4)122-58)117-69-25-17-21-65-73(69)81-93-77(65)98-82-75-67(23-19-27-71(75)119-55(33-105-41-61-49-113-89(9,10)125-61)34-106-42-62-50-114-90(11,12)126-62)79(95-82)100-84-76-68(24-20-28-72(76)120-56(35-107-43-63-51-115-91(13,14)127-63)36-108-44-64-52-116-92(15,16)128-64)80(96-84)99-83-74-66(78(94-83)97-81)22-18-26-70(74)118-54(31-103-39-59-47-111-87(5,6)123-59)32-104-40-60-48-112-88(7,8)124-60/h17-28,53-64H,29-52H2,1-16H3,(H2,93,94,95,96,97,98,99,100). The number of nitrogens with zero attached hydrogens (tertiary/aromatic N) is 6. The van der Waals surface area contributed by atoms with Crippen molar-refractivity contribution in [1.29, 1.82) is 0 Å². The van der Waals surface area contributed by atoms with E-state index in [0.29, 0.717) is 142 Å². The zero-order chi connectivity index (χ0) is 89.4. The molecule has 0 spiro atoms. The molecule has 8 bridgehead atoms. The smallest absolute Gasteiger partial charge is 0.168 e. The molecule has 7 aromatic rings. The molecule has 128 heavy (non-hydrogen) atoms. The zero-order valence-electron chi connectivity index (χ0n) is 75.9. The van der Waals surface area contributed by atoms with E-state index in [0.717, 1.165) is 0 Å². The van der Waals surface area contributed by atoms with E-state index < -0.39 is 70.7 Å². The third-order valence-corrected chi connectivity index (χ3v) is 22.4. The highest BCUT2D eigenvalue weighted by atomic mass is 16.8. The van der Waals surface area contributed by atoms with Crippen molar-refractivity contribution in [1.82, 2.24) is 39.9 Å². The van der Waals surface area contributed by atoms with Crippen molar-refractivity contribution < 1.29 is 133 Å². The molecule has 0 amide bonds. The summed E-state index contributed by atoms with van der Waals surface area (Å²) in [5.74, 6) is -3.79. The number of nitrogens with one attached hydrogen (secondary N) is 2. The fourth-order valence-electron chi connectivity index (χ4n) is 16.8. The minimum atomic E-state index is -0.779. The first kappa shape index (κ1) is 92.3. The molecule has 8 fully saturated rings. The highest BCUT2D eigenvalue weighted by molar-refractivity contribution is 6.10. The number of aromatic amines is 2. The highest BCUT2D eigenvalue weighted by Crippen LogP contribution is 2.46. The summed E-state index contributed by atoms with van der Waals surface area (Å²) in [4.78, 5) is 40.7. The van der Waals surface area contributed by atoms with Crippen molar-refractivity contribution in [2.24, 2.45) is 0 Å². The average Bonchev–Trinajstić information content (AvgIpc) is 1.58. The number of H-pyrrole nitrogens is 2. The largest absolute Gasteiger partial charge is 0.485 e. The van der Waals surface area contributed by atoms with Gasteiger partial charge >= 0.3 is 0 Å². The summed E-state index contributed by atoms with van der Waals surface area (Å²) in [6.45, 7) is 35.0. The van der Waals surface area contributed by atoms with Gasteiger partial charge in [0.15, 0.2) is 69.6 Å². The molecule has 698 valence electrons. The third kappa shape index (κ3) is 23.4. The first-order valence-electron chi connectivity index (χ1n) is 44.3. The van der Waals surface area contributed by atoms with E-state index >= 15 is 0 Å². The van der Waals surface area contributed by atoms with Crippen LogP contribution in [-0.2, 0) is 114 Å². The van der Waals surface area contributed by atoms with Gasteiger partial charge in [-0.25, -0.2) is 29.9 Å². The summed E-state index contributed by atoms with van der Waals surface area (Å²) in [5, 5.41) is 2.19. The fraction of sp³-hybridized carbons (Fsp3) is 0.652. The third-order valence-electron chi connectivity index (χ3n) is 22.4. The average molecular weight is 1790 g/mol. The van der Waals surface area contributed by atoms with Crippen molar-refractivity contribution in [2.45, 2.75) is 230 Å². The van der Waals surface area contributed by atoms with Crippen LogP contribution in [-0.4, -0.2) is 318 Å². The maximum atomic E-state index is 7.24. The topological polar surface area (TPSA) is 367 Å². The number of ether oxygens (including phenoxy) is 28. The molecule has 13 heterocycles. The maximum absolute atomic E-state index is 7.24.